The van der Waals surface area contributed by atoms with Crippen molar-refractivity contribution in [2.45, 2.75) is 6.92 Å². The maximum atomic E-state index is 5.74. The molecule has 0 aliphatic heterocycles. The van der Waals surface area contributed by atoms with Gasteiger partial charge < -0.3 is 15.4 Å². The van der Waals surface area contributed by atoms with Gasteiger partial charge in [0.25, 0.3) is 0 Å². The summed E-state index contributed by atoms with van der Waals surface area (Å²) in [5, 5.41) is 0. The summed E-state index contributed by atoms with van der Waals surface area (Å²) in [6.45, 7) is 1.96. The molecule has 5 heteroatoms. The van der Waals surface area contributed by atoms with Crippen molar-refractivity contribution in [3.63, 3.8) is 0 Å². The molecule has 0 atom stereocenters. The van der Waals surface area contributed by atoms with Crippen LogP contribution in [0.25, 0.3) is 0 Å². The molecule has 0 spiro atoms. The van der Waals surface area contributed by atoms with Crippen molar-refractivity contribution in [3.05, 3.63) is 36.0 Å². The van der Waals surface area contributed by atoms with Gasteiger partial charge >= 0.3 is 0 Å². The Balaban J connectivity index is 2.28. The van der Waals surface area contributed by atoms with Gasteiger partial charge in [-0.2, -0.15) is 4.98 Å². The van der Waals surface area contributed by atoms with Gasteiger partial charge in [0.15, 0.2) is 0 Å². The lowest BCUT2D eigenvalue weighted by Gasteiger charge is -2.12. The monoisotopic (exact) mass is 244 g/mol. The summed E-state index contributed by atoms with van der Waals surface area (Å²) in [5.74, 6) is 1.81. The van der Waals surface area contributed by atoms with Gasteiger partial charge in [-0.15, -0.1) is 0 Å². The Kier molecular flexibility index (Phi) is 3.32. The minimum absolute atomic E-state index is 0.502. The number of rotatable bonds is 3. The summed E-state index contributed by atoms with van der Waals surface area (Å²) in [7, 11) is 3.76. The van der Waals surface area contributed by atoms with Crippen molar-refractivity contribution < 1.29 is 4.74 Å². The number of aromatic nitrogens is 2. The van der Waals surface area contributed by atoms with Gasteiger partial charge in [-0.1, -0.05) is 6.07 Å². The summed E-state index contributed by atoms with van der Waals surface area (Å²) in [6.07, 6.45) is 1.67. The van der Waals surface area contributed by atoms with Crippen molar-refractivity contribution in [2.24, 2.45) is 0 Å². The molecular formula is C13H16N4O. The number of aryl methyl sites for hydroxylation is 1. The number of benzene rings is 1. The Bertz CT molecular complexity index is 554. The standard InChI is InChI=1S/C13H16N4O/c1-9-4-5-10(14)8-11(9)18-12-6-7-15-13(16-12)17(2)3/h4-8H,14H2,1-3H3. The molecule has 1 aromatic carbocycles. The molecule has 0 aliphatic carbocycles. The Hall–Kier alpha value is -2.30. The second kappa shape index (κ2) is 4.91. The second-order valence-electron chi connectivity index (χ2n) is 4.22. The fourth-order valence-electron chi connectivity index (χ4n) is 1.44. The topological polar surface area (TPSA) is 64.3 Å². The van der Waals surface area contributed by atoms with Crippen LogP contribution in [0.4, 0.5) is 11.6 Å². The third kappa shape index (κ3) is 2.68. The number of anilines is 2. The van der Waals surface area contributed by atoms with E-state index in [-0.39, 0.29) is 0 Å². The highest BCUT2D eigenvalue weighted by molar-refractivity contribution is 5.49. The van der Waals surface area contributed by atoms with Crippen molar-refractivity contribution in [3.8, 4) is 11.6 Å². The molecule has 0 bridgehead atoms. The normalized spacial score (nSPS) is 10.2. The molecule has 0 saturated heterocycles. The van der Waals surface area contributed by atoms with Crippen molar-refractivity contribution in [1.29, 1.82) is 0 Å². The van der Waals surface area contributed by atoms with E-state index in [1.54, 1.807) is 18.3 Å². The number of hydrogen-bond donors (Lipinski definition) is 1. The first kappa shape index (κ1) is 12.2. The van der Waals surface area contributed by atoms with E-state index in [2.05, 4.69) is 9.97 Å². The maximum absolute atomic E-state index is 5.74. The molecule has 5 nitrogen and oxygen atoms in total. The number of nitrogens with two attached hydrogens (primary N) is 1. The quantitative estimate of drug-likeness (QED) is 0.839. The highest BCUT2D eigenvalue weighted by atomic mass is 16.5. The minimum atomic E-state index is 0.502. The molecule has 0 fully saturated rings. The first-order valence-electron chi connectivity index (χ1n) is 5.60. The fraction of sp³-hybridized carbons (Fsp3) is 0.231. The summed E-state index contributed by atoms with van der Waals surface area (Å²) in [5.41, 5.74) is 7.41. The van der Waals surface area contributed by atoms with Gasteiger partial charge in [0.1, 0.15) is 5.75 Å². The van der Waals surface area contributed by atoms with Crippen LogP contribution in [-0.4, -0.2) is 24.1 Å². The van der Waals surface area contributed by atoms with Crippen LogP contribution >= 0.6 is 0 Å². The van der Waals surface area contributed by atoms with Crippen LogP contribution in [0.15, 0.2) is 30.5 Å². The summed E-state index contributed by atoms with van der Waals surface area (Å²) in [6, 6.07) is 7.26. The SMILES string of the molecule is Cc1ccc(N)cc1Oc1ccnc(N(C)C)n1. The van der Waals surface area contributed by atoms with Crippen molar-refractivity contribution >= 4 is 11.6 Å². The Labute approximate surface area is 106 Å². The summed E-state index contributed by atoms with van der Waals surface area (Å²) < 4.78 is 5.72. The Morgan fingerprint density at radius 2 is 2.00 bits per heavy atom. The molecule has 1 heterocycles. The van der Waals surface area contributed by atoms with E-state index in [4.69, 9.17) is 10.5 Å². The van der Waals surface area contributed by atoms with Crippen LogP contribution in [0, 0.1) is 6.92 Å². The van der Waals surface area contributed by atoms with Crippen LogP contribution < -0.4 is 15.4 Å². The van der Waals surface area contributed by atoms with Crippen LogP contribution in [0.3, 0.4) is 0 Å². The van der Waals surface area contributed by atoms with Gasteiger partial charge in [0.05, 0.1) is 0 Å². The van der Waals surface area contributed by atoms with Crippen LogP contribution in [-0.2, 0) is 0 Å². The first-order valence-corrected chi connectivity index (χ1v) is 5.60. The third-order valence-corrected chi connectivity index (χ3v) is 2.44. The highest BCUT2D eigenvalue weighted by Gasteiger charge is 2.05. The minimum Gasteiger partial charge on any atom is -0.439 e. The molecule has 18 heavy (non-hydrogen) atoms. The molecule has 1 aromatic heterocycles. The van der Waals surface area contributed by atoms with Gasteiger partial charge in [-0.25, -0.2) is 4.98 Å². The van der Waals surface area contributed by atoms with Crippen LogP contribution in [0.5, 0.6) is 11.6 Å². The van der Waals surface area contributed by atoms with Gasteiger partial charge in [-0.3, -0.25) is 0 Å². The smallest absolute Gasteiger partial charge is 0.228 e. The number of nitrogen functional groups attached to an aromatic ring is 1. The van der Waals surface area contributed by atoms with Crippen LogP contribution in [0.1, 0.15) is 5.56 Å². The van der Waals surface area contributed by atoms with Gasteiger partial charge in [0, 0.05) is 38.1 Å². The molecule has 2 aromatic rings. The number of ether oxygens (including phenoxy) is 1. The molecule has 2 N–H and O–H groups in total. The molecule has 0 unspecified atom stereocenters. The molecule has 0 aliphatic rings. The largest absolute Gasteiger partial charge is 0.439 e. The van der Waals surface area contributed by atoms with Gasteiger partial charge in [-0.05, 0) is 18.6 Å². The molecule has 94 valence electrons. The predicted molar refractivity (Wildman–Crippen MR) is 72.0 cm³/mol. The zero-order valence-corrected chi connectivity index (χ0v) is 10.7. The fourth-order valence-corrected chi connectivity index (χ4v) is 1.44. The lowest BCUT2D eigenvalue weighted by atomic mass is 10.2. The summed E-state index contributed by atoms with van der Waals surface area (Å²) in [4.78, 5) is 10.2. The molecule has 0 amide bonds. The van der Waals surface area contributed by atoms with Crippen molar-refractivity contribution in [1.82, 2.24) is 9.97 Å². The average Bonchev–Trinajstić information content (AvgIpc) is 2.34. The molecule has 0 radical (unpaired) electrons. The van der Waals surface area contributed by atoms with E-state index < -0.39 is 0 Å². The van der Waals surface area contributed by atoms with Gasteiger partial charge in [0.2, 0.25) is 11.8 Å². The zero-order chi connectivity index (χ0) is 13.1. The molecule has 0 saturated carbocycles. The lowest BCUT2D eigenvalue weighted by molar-refractivity contribution is 0.458. The van der Waals surface area contributed by atoms with E-state index in [0.29, 0.717) is 23.3 Å². The lowest BCUT2D eigenvalue weighted by Crippen LogP contribution is -2.12. The van der Waals surface area contributed by atoms with Crippen LogP contribution in [0.2, 0.25) is 0 Å². The van der Waals surface area contributed by atoms with E-state index >= 15 is 0 Å². The Morgan fingerprint density at radius 1 is 1.22 bits per heavy atom. The number of hydrogen-bond acceptors (Lipinski definition) is 5. The average molecular weight is 244 g/mol. The predicted octanol–water partition coefficient (Wildman–Crippen LogP) is 2.23. The highest BCUT2D eigenvalue weighted by Crippen LogP contribution is 2.26. The molecule has 2 rings (SSSR count). The van der Waals surface area contributed by atoms with E-state index in [9.17, 15) is 0 Å². The molecular weight excluding hydrogens is 228 g/mol. The first-order chi connectivity index (χ1) is 8.56. The van der Waals surface area contributed by atoms with E-state index in [0.717, 1.165) is 5.56 Å². The van der Waals surface area contributed by atoms with E-state index in [1.165, 1.54) is 0 Å². The third-order valence-electron chi connectivity index (χ3n) is 2.44. The van der Waals surface area contributed by atoms with E-state index in [1.807, 2.05) is 38.1 Å². The number of nitrogens with zero attached hydrogens (tertiary/aromatic N) is 3. The summed E-state index contributed by atoms with van der Waals surface area (Å²) >= 11 is 0. The Morgan fingerprint density at radius 3 is 2.72 bits per heavy atom. The zero-order valence-electron chi connectivity index (χ0n) is 10.7. The maximum Gasteiger partial charge on any atom is 0.228 e. The van der Waals surface area contributed by atoms with Crippen molar-refractivity contribution in [2.75, 3.05) is 24.7 Å². The second-order valence-corrected chi connectivity index (χ2v) is 4.22.